The Hall–Kier alpha value is -4.38. The van der Waals surface area contributed by atoms with Crippen LogP contribution in [0.2, 0.25) is 0 Å². The molecule has 0 aromatic heterocycles. The molecule has 50 heavy (non-hydrogen) atoms. The molecular weight excluding hydrogens is 656 g/mol. The van der Waals surface area contributed by atoms with E-state index in [9.17, 15) is 34.5 Å². The highest BCUT2D eigenvalue weighted by molar-refractivity contribution is 5.94. The van der Waals surface area contributed by atoms with Crippen molar-refractivity contribution in [3.8, 4) is 0 Å². The van der Waals surface area contributed by atoms with Gasteiger partial charge in [-0.15, -0.1) is 0 Å². The predicted molar refractivity (Wildman–Crippen MR) is 182 cm³/mol. The van der Waals surface area contributed by atoms with E-state index in [-0.39, 0.29) is 35.7 Å². The number of hydrogen-bond acceptors (Lipinski definition) is 12. The summed E-state index contributed by atoms with van der Waals surface area (Å²) in [6.45, 7) is 7.73. The largest absolute Gasteiger partial charge is 0.506 e. The van der Waals surface area contributed by atoms with Crippen LogP contribution < -0.4 is 16.4 Å². The number of primary amides is 1. The van der Waals surface area contributed by atoms with Crippen LogP contribution in [0.25, 0.3) is 0 Å². The number of nitrogens with two attached hydrogens (primary N) is 1. The minimum Gasteiger partial charge on any atom is -0.450 e. The van der Waals surface area contributed by atoms with Crippen LogP contribution in [0, 0.1) is 11.8 Å². The van der Waals surface area contributed by atoms with Crippen molar-refractivity contribution < 1.29 is 58.2 Å². The third kappa shape index (κ3) is 12.5. The van der Waals surface area contributed by atoms with Crippen LogP contribution in [0.1, 0.15) is 40.5 Å². The second kappa shape index (κ2) is 19.7. The van der Waals surface area contributed by atoms with Gasteiger partial charge in [0.1, 0.15) is 6.10 Å². The number of allylic oxidation sites excluding steroid dienone is 2. The standard InChI is InChI=1S/C34H52N4O12/c1-18-14-22-27(36-12-13-38(5)6)25(48-33(42)43)17-23(30(22)50-34(44)45)37-31(40)19(2)10-9-11-24(46-7)29(49-32(35)41)21(4)16-20(3)28(39)26(15-18)47-8/h9-11,16-18,20,24-26,28-30,36,39H,12-15H2,1-8H3,(H2,35,41)(H,37,40)(H,42,43)(H,44,45)/b11-9+,19-10-,21-16+/t18-,20+,24+,25?,26+,28-,29+,30?/m1/s1. The topological polar surface area (TPSA) is 228 Å². The van der Waals surface area contributed by atoms with Crippen LogP contribution >= 0.6 is 0 Å². The van der Waals surface area contributed by atoms with Gasteiger partial charge in [-0.3, -0.25) is 4.79 Å². The molecule has 0 fully saturated rings. The number of carboxylic acid groups (broad SMARTS) is 2. The number of aliphatic hydroxyl groups is 1. The van der Waals surface area contributed by atoms with Crippen LogP contribution in [0.3, 0.4) is 0 Å². The molecule has 0 saturated heterocycles. The summed E-state index contributed by atoms with van der Waals surface area (Å²) in [5.41, 5.74) is 6.67. The average molecular weight is 709 g/mol. The lowest BCUT2D eigenvalue weighted by Crippen LogP contribution is -2.44. The van der Waals surface area contributed by atoms with Crippen LogP contribution in [0.4, 0.5) is 14.4 Å². The molecule has 7 N–H and O–H groups in total. The molecule has 1 heterocycles. The molecule has 16 nitrogen and oxygen atoms in total. The first-order valence-corrected chi connectivity index (χ1v) is 16.2. The van der Waals surface area contributed by atoms with Gasteiger partial charge in [0.25, 0.3) is 5.91 Å². The van der Waals surface area contributed by atoms with E-state index in [1.165, 1.54) is 39.4 Å². The van der Waals surface area contributed by atoms with Crippen molar-refractivity contribution in [2.75, 3.05) is 41.4 Å². The Kier molecular flexibility index (Phi) is 16.5. The highest BCUT2D eigenvalue weighted by Gasteiger charge is 2.38. The summed E-state index contributed by atoms with van der Waals surface area (Å²) in [6.07, 6.45) is -2.48. The highest BCUT2D eigenvalue weighted by atomic mass is 16.7. The minimum absolute atomic E-state index is 0.0416. The zero-order valence-electron chi connectivity index (χ0n) is 29.9. The van der Waals surface area contributed by atoms with E-state index in [0.717, 1.165) is 0 Å². The summed E-state index contributed by atoms with van der Waals surface area (Å²) < 4.78 is 27.3. The maximum absolute atomic E-state index is 13.5. The molecule has 16 heteroatoms. The zero-order chi connectivity index (χ0) is 37.7. The Morgan fingerprint density at radius 3 is 2.26 bits per heavy atom. The Balaban J connectivity index is 2.81. The number of nitrogens with zero attached hydrogens (tertiary/aromatic N) is 1. The number of likely N-dealkylation sites (N-methyl/N-ethyl adjacent to an activating group) is 1. The number of amides is 2. The molecule has 0 radical (unpaired) electrons. The summed E-state index contributed by atoms with van der Waals surface area (Å²) in [5.74, 6) is -1.47. The number of rotatable bonds is 9. The first-order chi connectivity index (χ1) is 23.5. The number of fused-ring (bicyclic) bond motifs is 2. The summed E-state index contributed by atoms with van der Waals surface area (Å²) in [7, 11) is 6.57. The number of methoxy groups -OCH3 is 2. The number of carbonyl (C=O) groups excluding carboxylic acids is 2. The monoisotopic (exact) mass is 708 g/mol. The number of hydrogen-bond donors (Lipinski definition) is 6. The molecule has 8 atom stereocenters. The Morgan fingerprint density at radius 1 is 1.04 bits per heavy atom. The average Bonchev–Trinajstić information content (AvgIpc) is 3.02. The zero-order valence-corrected chi connectivity index (χ0v) is 29.9. The number of aliphatic hydroxyl groups excluding tert-OH is 1. The molecule has 1 aliphatic carbocycles. The van der Waals surface area contributed by atoms with Gasteiger partial charge >= 0.3 is 18.4 Å². The molecule has 2 rings (SSSR count). The van der Waals surface area contributed by atoms with Crippen LogP contribution in [-0.4, -0.2) is 123 Å². The lowest BCUT2D eigenvalue weighted by Gasteiger charge is -2.35. The summed E-state index contributed by atoms with van der Waals surface area (Å²) in [4.78, 5) is 51.1. The number of carbonyl (C=O) groups is 4. The quantitative estimate of drug-likeness (QED) is 0.115. The van der Waals surface area contributed by atoms with Gasteiger partial charge < -0.3 is 60.3 Å². The van der Waals surface area contributed by atoms with Gasteiger partial charge in [0.05, 0.1) is 23.6 Å². The van der Waals surface area contributed by atoms with Crippen molar-refractivity contribution in [3.05, 3.63) is 58.5 Å². The van der Waals surface area contributed by atoms with E-state index in [2.05, 4.69) is 10.6 Å². The second-order valence-electron chi connectivity index (χ2n) is 12.7. The number of nitrogens with one attached hydrogen (secondary N) is 2. The first-order valence-electron chi connectivity index (χ1n) is 16.2. The third-order valence-electron chi connectivity index (χ3n) is 8.36. The molecule has 2 aliphatic rings. The molecule has 2 amide bonds. The van der Waals surface area contributed by atoms with Gasteiger partial charge in [-0.2, -0.15) is 0 Å². The van der Waals surface area contributed by atoms with E-state index in [1.807, 2.05) is 25.9 Å². The fraction of sp³-hybridized carbons (Fsp3) is 0.588. The molecule has 0 saturated carbocycles. The molecule has 1 aliphatic heterocycles. The maximum atomic E-state index is 13.5. The van der Waals surface area contributed by atoms with Crippen molar-refractivity contribution in [1.82, 2.24) is 15.5 Å². The molecule has 0 aromatic carbocycles. The first kappa shape index (κ1) is 41.8. The summed E-state index contributed by atoms with van der Waals surface area (Å²) in [5, 5.41) is 36.8. The van der Waals surface area contributed by atoms with Crippen LogP contribution in [-0.2, 0) is 28.5 Å². The van der Waals surface area contributed by atoms with E-state index in [0.29, 0.717) is 24.2 Å². The maximum Gasteiger partial charge on any atom is 0.506 e. The van der Waals surface area contributed by atoms with Crippen LogP contribution in [0.15, 0.2) is 58.5 Å². The van der Waals surface area contributed by atoms with Crippen LogP contribution in [0.5, 0.6) is 0 Å². The number of ether oxygens (including phenoxy) is 5. The van der Waals surface area contributed by atoms with Crippen molar-refractivity contribution in [1.29, 1.82) is 0 Å². The molecule has 2 bridgehead atoms. The van der Waals surface area contributed by atoms with Gasteiger partial charge in [-0.1, -0.05) is 38.2 Å². The van der Waals surface area contributed by atoms with Gasteiger partial charge in [0.2, 0.25) is 0 Å². The molecule has 0 aromatic rings. The van der Waals surface area contributed by atoms with E-state index in [1.54, 1.807) is 26.0 Å². The molecule has 280 valence electrons. The SMILES string of the molecule is CO[C@H]1/C=C/C=C(/C)C(=O)NC2=CC(OC(=O)O)C(NCCN(C)C)=C(C[C@@H](C)C[C@H](OC)[C@H](O)[C@@H](C)/C=C(\C)[C@@H]1OC(N)=O)C2OC(=O)O. The molecular formula is C34H52N4O12. The van der Waals surface area contributed by atoms with Crippen molar-refractivity contribution in [3.63, 3.8) is 0 Å². The fourth-order valence-corrected chi connectivity index (χ4v) is 5.87. The Morgan fingerprint density at radius 2 is 1.70 bits per heavy atom. The Labute approximate surface area is 292 Å². The minimum atomic E-state index is -1.63. The third-order valence-corrected chi connectivity index (χ3v) is 8.36. The van der Waals surface area contributed by atoms with E-state index in [4.69, 9.17) is 29.4 Å². The van der Waals surface area contributed by atoms with Crippen molar-refractivity contribution in [2.24, 2.45) is 17.6 Å². The lowest BCUT2D eigenvalue weighted by molar-refractivity contribution is -0.117. The van der Waals surface area contributed by atoms with E-state index < -0.39 is 66.9 Å². The second-order valence-corrected chi connectivity index (χ2v) is 12.7. The van der Waals surface area contributed by atoms with Crippen molar-refractivity contribution in [2.45, 2.75) is 77.2 Å². The van der Waals surface area contributed by atoms with Gasteiger partial charge in [-0.25, -0.2) is 14.4 Å². The van der Waals surface area contributed by atoms with Gasteiger partial charge in [0.15, 0.2) is 18.3 Å². The smallest absolute Gasteiger partial charge is 0.450 e. The fourth-order valence-electron chi connectivity index (χ4n) is 5.87. The summed E-state index contributed by atoms with van der Waals surface area (Å²) >= 11 is 0. The normalized spacial score (nSPS) is 31.2. The predicted octanol–water partition coefficient (Wildman–Crippen LogP) is 2.90. The Bertz CT molecular complexity index is 1370. The molecule has 0 spiro atoms. The van der Waals surface area contributed by atoms with Crippen molar-refractivity contribution >= 4 is 24.3 Å². The van der Waals surface area contributed by atoms with Gasteiger partial charge in [-0.05, 0) is 63.9 Å². The van der Waals surface area contributed by atoms with Gasteiger partial charge in [0, 0.05) is 38.8 Å². The molecule has 2 unspecified atom stereocenters. The van der Waals surface area contributed by atoms with E-state index >= 15 is 0 Å². The lowest BCUT2D eigenvalue weighted by atomic mass is 9.84. The summed E-state index contributed by atoms with van der Waals surface area (Å²) in [6, 6.07) is 0. The highest BCUT2D eigenvalue weighted by Crippen LogP contribution is 2.34.